The molecule has 1 saturated carbocycles. The van der Waals surface area contributed by atoms with Crippen LogP contribution in [-0.2, 0) is 10.2 Å². The van der Waals surface area contributed by atoms with E-state index in [1.165, 1.54) is 0 Å². The van der Waals surface area contributed by atoms with Gasteiger partial charge in [-0.3, -0.25) is 4.79 Å². The molecule has 1 aromatic carbocycles. The van der Waals surface area contributed by atoms with Crippen molar-refractivity contribution in [3.8, 4) is 5.75 Å². The molecule has 1 N–H and O–H groups in total. The van der Waals surface area contributed by atoms with Crippen LogP contribution in [0.4, 0.5) is 0 Å². The first-order chi connectivity index (χ1) is 7.57. The number of carbonyl (C=O) groups is 1. The molecule has 0 bridgehead atoms. The van der Waals surface area contributed by atoms with Crippen molar-refractivity contribution in [1.82, 2.24) is 0 Å². The molecule has 1 fully saturated rings. The second kappa shape index (κ2) is 3.81. The summed E-state index contributed by atoms with van der Waals surface area (Å²) >= 11 is 0. The monoisotopic (exact) mass is 220 g/mol. The average molecular weight is 220 g/mol. The van der Waals surface area contributed by atoms with Gasteiger partial charge in [-0.15, -0.1) is 0 Å². The molecule has 0 aliphatic heterocycles. The van der Waals surface area contributed by atoms with E-state index in [-0.39, 0.29) is 11.8 Å². The molecule has 2 rings (SSSR count). The second-order valence-electron chi connectivity index (χ2n) is 4.54. The molecule has 0 radical (unpaired) electrons. The third kappa shape index (κ3) is 1.90. The number of carboxylic acid groups (broad SMARTS) is 1. The Hall–Kier alpha value is -1.51. The molecule has 0 unspecified atom stereocenters. The molecule has 3 heteroatoms. The van der Waals surface area contributed by atoms with Gasteiger partial charge < -0.3 is 9.84 Å². The first-order valence-electron chi connectivity index (χ1n) is 5.44. The van der Waals surface area contributed by atoms with Crippen LogP contribution in [0.2, 0.25) is 0 Å². The lowest BCUT2D eigenvalue weighted by Crippen LogP contribution is -2.13. The maximum Gasteiger partial charge on any atom is 0.304 e. The van der Waals surface area contributed by atoms with Crippen LogP contribution < -0.4 is 4.74 Å². The number of carboxylic acids is 1. The van der Waals surface area contributed by atoms with Gasteiger partial charge in [0.05, 0.1) is 13.5 Å². The Morgan fingerprint density at radius 1 is 1.50 bits per heavy atom. The minimum Gasteiger partial charge on any atom is -0.496 e. The van der Waals surface area contributed by atoms with E-state index in [0.29, 0.717) is 0 Å². The third-order valence-electron chi connectivity index (χ3n) is 3.36. The summed E-state index contributed by atoms with van der Waals surface area (Å²) in [6.07, 6.45) is 2.15. The standard InChI is InChI=1S/C13H16O3/c1-9-3-4-10(7-11(9)16-2)13(5-6-13)8-12(14)15/h3-4,7H,5-6,8H2,1-2H3,(H,14,15). The first-order valence-corrected chi connectivity index (χ1v) is 5.44. The maximum absolute atomic E-state index is 10.8. The number of methoxy groups -OCH3 is 1. The summed E-state index contributed by atoms with van der Waals surface area (Å²) in [6, 6.07) is 6.00. The van der Waals surface area contributed by atoms with Gasteiger partial charge in [0.15, 0.2) is 0 Å². The van der Waals surface area contributed by atoms with Crippen LogP contribution >= 0.6 is 0 Å². The van der Waals surface area contributed by atoms with Crippen LogP contribution in [0, 0.1) is 6.92 Å². The summed E-state index contributed by atoms with van der Waals surface area (Å²) in [5.41, 5.74) is 2.04. The van der Waals surface area contributed by atoms with Gasteiger partial charge in [-0.2, -0.15) is 0 Å². The summed E-state index contributed by atoms with van der Waals surface area (Å²) in [5.74, 6) is 0.117. The largest absolute Gasteiger partial charge is 0.496 e. The molecule has 0 saturated heterocycles. The Kier molecular flexibility index (Phi) is 2.62. The molecular formula is C13H16O3. The molecule has 86 valence electrons. The zero-order valence-corrected chi connectivity index (χ0v) is 9.62. The van der Waals surface area contributed by atoms with E-state index in [2.05, 4.69) is 0 Å². The minimum atomic E-state index is -0.725. The van der Waals surface area contributed by atoms with Gasteiger partial charge in [-0.1, -0.05) is 12.1 Å². The smallest absolute Gasteiger partial charge is 0.304 e. The number of benzene rings is 1. The van der Waals surface area contributed by atoms with E-state index in [0.717, 1.165) is 29.7 Å². The number of ether oxygens (including phenoxy) is 1. The van der Waals surface area contributed by atoms with Gasteiger partial charge in [0.1, 0.15) is 5.75 Å². The molecule has 3 nitrogen and oxygen atoms in total. The van der Waals surface area contributed by atoms with E-state index in [4.69, 9.17) is 9.84 Å². The predicted molar refractivity (Wildman–Crippen MR) is 60.9 cm³/mol. The molecule has 0 amide bonds. The quantitative estimate of drug-likeness (QED) is 0.848. The highest BCUT2D eigenvalue weighted by atomic mass is 16.5. The van der Waals surface area contributed by atoms with Gasteiger partial charge in [-0.25, -0.2) is 0 Å². The number of rotatable bonds is 4. The summed E-state index contributed by atoms with van der Waals surface area (Å²) in [5, 5.41) is 8.90. The Bertz CT molecular complexity index is 419. The van der Waals surface area contributed by atoms with Crippen molar-refractivity contribution < 1.29 is 14.6 Å². The van der Waals surface area contributed by atoms with Crippen molar-refractivity contribution in [2.45, 2.75) is 31.6 Å². The van der Waals surface area contributed by atoms with E-state index >= 15 is 0 Å². The van der Waals surface area contributed by atoms with Crippen LogP contribution in [-0.4, -0.2) is 18.2 Å². The van der Waals surface area contributed by atoms with Crippen molar-refractivity contribution in [1.29, 1.82) is 0 Å². The lowest BCUT2D eigenvalue weighted by Gasteiger charge is -2.15. The molecule has 16 heavy (non-hydrogen) atoms. The SMILES string of the molecule is COc1cc(C2(CC(=O)O)CC2)ccc1C. The average Bonchev–Trinajstić information content (AvgIpc) is 2.98. The van der Waals surface area contributed by atoms with E-state index < -0.39 is 5.97 Å². The summed E-state index contributed by atoms with van der Waals surface area (Å²) in [7, 11) is 1.64. The highest BCUT2D eigenvalue weighted by Crippen LogP contribution is 2.51. The first kappa shape index (κ1) is 11.0. The lowest BCUT2D eigenvalue weighted by atomic mass is 9.91. The van der Waals surface area contributed by atoms with Crippen LogP contribution in [0.15, 0.2) is 18.2 Å². The normalized spacial score (nSPS) is 16.9. The van der Waals surface area contributed by atoms with Crippen molar-refractivity contribution in [3.63, 3.8) is 0 Å². The Balaban J connectivity index is 2.30. The predicted octanol–water partition coefficient (Wildman–Crippen LogP) is 2.51. The Morgan fingerprint density at radius 3 is 2.69 bits per heavy atom. The molecule has 0 heterocycles. The molecule has 1 aromatic rings. The van der Waals surface area contributed by atoms with E-state index in [1.807, 2.05) is 25.1 Å². The lowest BCUT2D eigenvalue weighted by molar-refractivity contribution is -0.137. The van der Waals surface area contributed by atoms with Crippen molar-refractivity contribution >= 4 is 5.97 Å². The molecule has 0 aromatic heterocycles. The minimum absolute atomic E-state index is 0.132. The highest BCUT2D eigenvalue weighted by Gasteiger charge is 2.46. The molecular weight excluding hydrogens is 204 g/mol. The van der Waals surface area contributed by atoms with Gasteiger partial charge in [0.2, 0.25) is 0 Å². The topological polar surface area (TPSA) is 46.5 Å². The zero-order chi connectivity index (χ0) is 11.8. The van der Waals surface area contributed by atoms with E-state index in [1.54, 1.807) is 7.11 Å². The highest BCUT2D eigenvalue weighted by molar-refractivity contribution is 5.70. The van der Waals surface area contributed by atoms with Crippen LogP contribution in [0.5, 0.6) is 5.75 Å². The van der Waals surface area contributed by atoms with Gasteiger partial charge in [0.25, 0.3) is 0 Å². The maximum atomic E-state index is 10.8. The van der Waals surface area contributed by atoms with Crippen molar-refractivity contribution in [2.75, 3.05) is 7.11 Å². The number of aliphatic carboxylic acids is 1. The summed E-state index contributed by atoms with van der Waals surface area (Å²) in [6.45, 7) is 1.99. The number of hydrogen-bond donors (Lipinski definition) is 1. The van der Waals surface area contributed by atoms with Gasteiger partial charge in [0, 0.05) is 5.41 Å². The number of aryl methyl sites for hydroxylation is 1. The van der Waals surface area contributed by atoms with Gasteiger partial charge >= 0.3 is 5.97 Å². The van der Waals surface area contributed by atoms with Crippen LogP contribution in [0.1, 0.15) is 30.4 Å². The fourth-order valence-corrected chi connectivity index (χ4v) is 2.16. The number of hydrogen-bond acceptors (Lipinski definition) is 2. The molecule has 1 aliphatic carbocycles. The van der Waals surface area contributed by atoms with Crippen molar-refractivity contribution in [3.05, 3.63) is 29.3 Å². The Morgan fingerprint density at radius 2 is 2.19 bits per heavy atom. The summed E-state index contributed by atoms with van der Waals surface area (Å²) < 4.78 is 5.27. The second-order valence-corrected chi connectivity index (χ2v) is 4.54. The molecule has 0 spiro atoms. The summed E-state index contributed by atoms with van der Waals surface area (Å²) in [4.78, 5) is 10.8. The zero-order valence-electron chi connectivity index (χ0n) is 9.62. The molecule has 0 atom stereocenters. The third-order valence-corrected chi connectivity index (χ3v) is 3.36. The van der Waals surface area contributed by atoms with E-state index in [9.17, 15) is 4.79 Å². The molecule has 1 aliphatic rings. The van der Waals surface area contributed by atoms with Crippen LogP contribution in [0.25, 0.3) is 0 Å². The fourth-order valence-electron chi connectivity index (χ4n) is 2.16. The van der Waals surface area contributed by atoms with Crippen LogP contribution in [0.3, 0.4) is 0 Å². The van der Waals surface area contributed by atoms with Crippen molar-refractivity contribution in [2.24, 2.45) is 0 Å². The fraction of sp³-hybridized carbons (Fsp3) is 0.462. The van der Waals surface area contributed by atoms with Gasteiger partial charge in [-0.05, 0) is 37.0 Å². The Labute approximate surface area is 95.0 Å².